The normalized spacial score (nSPS) is 24.1. The molecule has 0 aliphatic carbocycles. The third kappa shape index (κ3) is 1.81. The van der Waals surface area contributed by atoms with E-state index in [0.717, 1.165) is 12.8 Å². The Labute approximate surface area is 64.7 Å². The minimum atomic E-state index is -0.885. The number of likely N-dealkylation sites (tertiary alicyclic amines) is 1. The van der Waals surface area contributed by atoms with E-state index in [4.69, 9.17) is 11.0 Å². The third-order valence-electron chi connectivity index (χ3n) is 1.91. The van der Waals surface area contributed by atoms with Gasteiger partial charge in [-0.1, -0.05) is 0 Å². The molecule has 1 aliphatic rings. The molecule has 11 heavy (non-hydrogen) atoms. The first-order valence-electron chi connectivity index (χ1n) is 3.57. The van der Waals surface area contributed by atoms with Gasteiger partial charge in [-0.2, -0.15) is 0 Å². The lowest BCUT2D eigenvalue weighted by Crippen LogP contribution is -2.37. The quantitative estimate of drug-likeness (QED) is 0.558. The largest absolute Gasteiger partial charge is 0.465 e. The SMILES string of the molecule is NOC[C@@H]1CCCN1C(=O)O. The number of rotatable bonds is 2. The van der Waals surface area contributed by atoms with Crippen molar-refractivity contribution in [1.29, 1.82) is 0 Å². The van der Waals surface area contributed by atoms with Crippen LogP contribution in [0.5, 0.6) is 0 Å². The van der Waals surface area contributed by atoms with E-state index < -0.39 is 6.09 Å². The summed E-state index contributed by atoms with van der Waals surface area (Å²) >= 11 is 0. The fourth-order valence-corrected chi connectivity index (χ4v) is 1.37. The maximum absolute atomic E-state index is 10.5. The molecule has 0 aromatic heterocycles. The van der Waals surface area contributed by atoms with Crippen LogP contribution >= 0.6 is 0 Å². The van der Waals surface area contributed by atoms with Gasteiger partial charge >= 0.3 is 6.09 Å². The van der Waals surface area contributed by atoms with Crippen LogP contribution in [0.2, 0.25) is 0 Å². The summed E-state index contributed by atoms with van der Waals surface area (Å²) in [4.78, 5) is 16.3. The minimum Gasteiger partial charge on any atom is -0.465 e. The Bertz CT molecular complexity index is 151. The van der Waals surface area contributed by atoms with Gasteiger partial charge in [-0.3, -0.25) is 0 Å². The molecule has 1 saturated heterocycles. The topological polar surface area (TPSA) is 75.8 Å². The highest BCUT2D eigenvalue weighted by Crippen LogP contribution is 2.16. The first-order chi connectivity index (χ1) is 5.25. The van der Waals surface area contributed by atoms with Gasteiger partial charge in [0.05, 0.1) is 12.6 Å². The lowest BCUT2D eigenvalue weighted by Gasteiger charge is -2.19. The number of hydrogen-bond donors (Lipinski definition) is 2. The lowest BCUT2D eigenvalue weighted by atomic mass is 10.2. The number of carbonyl (C=O) groups is 1. The van der Waals surface area contributed by atoms with Gasteiger partial charge in [-0.05, 0) is 12.8 Å². The highest BCUT2D eigenvalue weighted by Gasteiger charge is 2.28. The summed E-state index contributed by atoms with van der Waals surface area (Å²) in [5.74, 6) is 4.85. The van der Waals surface area contributed by atoms with Crippen molar-refractivity contribution in [1.82, 2.24) is 4.90 Å². The molecule has 0 aromatic rings. The van der Waals surface area contributed by atoms with E-state index in [1.165, 1.54) is 4.90 Å². The zero-order valence-electron chi connectivity index (χ0n) is 6.19. The second-order valence-corrected chi connectivity index (χ2v) is 2.61. The number of amides is 1. The van der Waals surface area contributed by atoms with E-state index in [1.54, 1.807) is 0 Å². The highest BCUT2D eigenvalue weighted by molar-refractivity contribution is 5.65. The minimum absolute atomic E-state index is 0.0440. The fraction of sp³-hybridized carbons (Fsp3) is 0.833. The van der Waals surface area contributed by atoms with E-state index in [-0.39, 0.29) is 6.04 Å². The average molecular weight is 160 g/mol. The molecule has 1 fully saturated rings. The van der Waals surface area contributed by atoms with E-state index in [9.17, 15) is 4.79 Å². The Balaban J connectivity index is 2.44. The maximum atomic E-state index is 10.5. The maximum Gasteiger partial charge on any atom is 0.407 e. The molecule has 0 bridgehead atoms. The molecule has 0 unspecified atom stereocenters. The van der Waals surface area contributed by atoms with E-state index in [2.05, 4.69) is 4.84 Å². The van der Waals surface area contributed by atoms with Gasteiger partial charge in [-0.25, -0.2) is 10.7 Å². The summed E-state index contributed by atoms with van der Waals surface area (Å²) in [5.41, 5.74) is 0. The van der Waals surface area contributed by atoms with Crippen molar-refractivity contribution >= 4 is 6.09 Å². The van der Waals surface area contributed by atoms with Crippen LogP contribution in [0.4, 0.5) is 4.79 Å². The lowest BCUT2D eigenvalue weighted by molar-refractivity contribution is 0.0733. The van der Waals surface area contributed by atoms with Crippen LogP contribution in [0.15, 0.2) is 0 Å². The Morgan fingerprint density at radius 2 is 2.55 bits per heavy atom. The number of hydrogen-bond acceptors (Lipinski definition) is 3. The van der Waals surface area contributed by atoms with Crippen LogP contribution in [0.1, 0.15) is 12.8 Å². The number of carboxylic acid groups (broad SMARTS) is 1. The van der Waals surface area contributed by atoms with Crippen LogP contribution in [-0.4, -0.2) is 35.3 Å². The molecule has 3 N–H and O–H groups in total. The van der Waals surface area contributed by atoms with Gasteiger partial charge in [0.2, 0.25) is 0 Å². The van der Waals surface area contributed by atoms with Gasteiger partial charge < -0.3 is 14.8 Å². The molecule has 0 radical (unpaired) electrons. The molecular formula is C6H12N2O3. The Hall–Kier alpha value is -0.810. The Morgan fingerprint density at radius 1 is 1.82 bits per heavy atom. The summed E-state index contributed by atoms with van der Waals surface area (Å²) < 4.78 is 0. The summed E-state index contributed by atoms with van der Waals surface area (Å²) in [7, 11) is 0. The van der Waals surface area contributed by atoms with E-state index >= 15 is 0 Å². The first kappa shape index (κ1) is 8.29. The van der Waals surface area contributed by atoms with Crippen molar-refractivity contribution in [2.24, 2.45) is 5.90 Å². The molecule has 1 rings (SSSR count). The van der Waals surface area contributed by atoms with Gasteiger partial charge in [0, 0.05) is 6.54 Å². The smallest absolute Gasteiger partial charge is 0.407 e. The molecule has 64 valence electrons. The number of nitrogens with zero attached hydrogens (tertiary/aromatic N) is 1. The molecule has 1 heterocycles. The zero-order chi connectivity index (χ0) is 8.27. The van der Waals surface area contributed by atoms with Gasteiger partial charge in [0.15, 0.2) is 0 Å². The van der Waals surface area contributed by atoms with Crippen molar-refractivity contribution in [2.45, 2.75) is 18.9 Å². The van der Waals surface area contributed by atoms with Crippen LogP contribution < -0.4 is 5.90 Å². The molecule has 1 atom stereocenters. The summed E-state index contributed by atoms with van der Waals surface area (Å²) in [6, 6.07) is -0.0440. The highest BCUT2D eigenvalue weighted by atomic mass is 16.6. The molecule has 0 spiro atoms. The van der Waals surface area contributed by atoms with Crippen LogP contribution in [0.3, 0.4) is 0 Å². The predicted molar refractivity (Wildman–Crippen MR) is 37.9 cm³/mol. The predicted octanol–water partition coefficient (Wildman–Crippen LogP) is 0.0191. The van der Waals surface area contributed by atoms with Crippen molar-refractivity contribution in [3.63, 3.8) is 0 Å². The van der Waals surface area contributed by atoms with Crippen LogP contribution in [0.25, 0.3) is 0 Å². The first-order valence-corrected chi connectivity index (χ1v) is 3.57. The molecule has 5 nitrogen and oxygen atoms in total. The van der Waals surface area contributed by atoms with Crippen molar-refractivity contribution in [3.05, 3.63) is 0 Å². The monoisotopic (exact) mass is 160 g/mol. The van der Waals surface area contributed by atoms with E-state index in [1.807, 2.05) is 0 Å². The van der Waals surface area contributed by atoms with Crippen LogP contribution in [-0.2, 0) is 4.84 Å². The Kier molecular flexibility index (Phi) is 2.67. The molecule has 0 aromatic carbocycles. The summed E-state index contributed by atoms with van der Waals surface area (Å²) in [6.07, 6.45) is 0.869. The number of nitrogens with two attached hydrogens (primary N) is 1. The van der Waals surface area contributed by atoms with Crippen LogP contribution in [0, 0.1) is 0 Å². The molecular weight excluding hydrogens is 148 g/mol. The molecule has 1 amide bonds. The molecule has 0 saturated carbocycles. The summed E-state index contributed by atoms with van der Waals surface area (Å²) in [6.45, 7) is 0.898. The van der Waals surface area contributed by atoms with Crippen molar-refractivity contribution in [2.75, 3.05) is 13.2 Å². The van der Waals surface area contributed by atoms with E-state index in [0.29, 0.717) is 13.2 Å². The summed E-state index contributed by atoms with van der Waals surface area (Å²) in [5, 5.41) is 8.64. The standard InChI is InChI=1S/C6H12N2O3/c7-11-4-5-2-1-3-8(5)6(9)10/h5H,1-4,7H2,(H,9,10)/t5-/m0/s1. The second-order valence-electron chi connectivity index (χ2n) is 2.61. The van der Waals surface area contributed by atoms with Gasteiger partial charge in [0.1, 0.15) is 0 Å². The molecule has 5 heteroatoms. The fourth-order valence-electron chi connectivity index (χ4n) is 1.37. The third-order valence-corrected chi connectivity index (χ3v) is 1.91. The van der Waals surface area contributed by atoms with Gasteiger partial charge in [-0.15, -0.1) is 0 Å². The van der Waals surface area contributed by atoms with Crippen molar-refractivity contribution < 1.29 is 14.7 Å². The Morgan fingerprint density at radius 3 is 3.09 bits per heavy atom. The second kappa shape index (κ2) is 3.54. The van der Waals surface area contributed by atoms with Gasteiger partial charge in [0.25, 0.3) is 0 Å². The average Bonchev–Trinajstić information content (AvgIpc) is 2.36. The molecule has 1 aliphatic heterocycles. The van der Waals surface area contributed by atoms with Crippen molar-refractivity contribution in [3.8, 4) is 0 Å². The zero-order valence-corrected chi connectivity index (χ0v) is 6.19.